The molecule has 0 spiro atoms. The minimum absolute atomic E-state index is 0.108. The Morgan fingerprint density at radius 2 is 2.26 bits per heavy atom. The van der Waals surface area contributed by atoms with Crippen LogP contribution >= 0.6 is 0 Å². The second-order valence-corrected chi connectivity index (χ2v) is 4.43. The average molecular weight is 276 g/mol. The van der Waals surface area contributed by atoms with E-state index >= 15 is 0 Å². The van der Waals surface area contributed by atoms with E-state index in [0.717, 1.165) is 0 Å². The highest BCUT2D eigenvalue weighted by molar-refractivity contribution is 5.82. The predicted octanol–water partition coefficient (Wildman–Crippen LogP) is -1.12. The second-order valence-electron chi connectivity index (χ2n) is 4.43. The average Bonchev–Trinajstić information content (AvgIpc) is 2.38. The van der Waals surface area contributed by atoms with Gasteiger partial charge in [-0.1, -0.05) is 0 Å². The summed E-state index contributed by atoms with van der Waals surface area (Å²) in [7, 11) is 1.36. The molecule has 8 nitrogen and oxygen atoms in total. The number of morpholine rings is 1. The van der Waals surface area contributed by atoms with Gasteiger partial charge in [0.15, 0.2) is 6.04 Å². The quantitative estimate of drug-likeness (QED) is 0.587. The molecule has 0 aromatic rings. The van der Waals surface area contributed by atoms with Crippen LogP contribution in [0.2, 0.25) is 0 Å². The van der Waals surface area contributed by atoms with Gasteiger partial charge >= 0.3 is 12.0 Å². The van der Waals surface area contributed by atoms with Crippen LogP contribution in [0.3, 0.4) is 0 Å². The fraction of sp³-hybridized carbons (Fsp3) is 0.818. The van der Waals surface area contributed by atoms with Crippen LogP contribution in [-0.2, 0) is 14.3 Å². The zero-order chi connectivity index (χ0) is 14.4. The number of methoxy groups -OCH3 is 1. The minimum Gasteiger partial charge on any atom is -0.480 e. The van der Waals surface area contributed by atoms with Crippen molar-refractivity contribution in [1.29, 1.82) is 0 Å². The van der Waals surface area contributed by atoms with Crippen LogP contribution in [0.1, 0.15) is 6.92 Å². The molecule has 1 aliphatic rings. The van der Waals surface area contributed by atoms with Crippen molar-refractivity contribution in [3.05, 3.63) is 0 Å². The summed E-state index contributed by atoms with van der Waals surface area (Å²) in [6.07, 6.45) is -0.437. The Morgan fingerprint density at radius 1 is 1.58 bits per heavy atom. The van der Waals surface area contributed by atoms with E-state index in [0.29, 0.717) is 6.61 Å². The van der Waals surface area contributed by atoms with Crippen molar-refractivity contribution in [2.24, 2.45) is 0 Å². The standard InChI is InChI=1S/C11H20N2O6/c1-7-5-19-8(4-14)3-13(7)11(17)12-9(6-18-2)10(15)16/h7-9,14H,3-6H2,1-2H3,(H,12,17)(H,15,16). The van der Waals surface area contributed by atoms with Crippen molar-refractivity contribution in [3.8, 4) is 0 Å². The topological polar surface area (TPSA) is 108 Å². The van der Waals surface area contributed by atoms with Crippen LogP contribution in [0.15, 0.2) is 0 Å². The third-order valence-corrected chi connectivity index (χ3v) is 2.90. The molecule has 1 rings (SSSR count). The number of hydrogen-bond acceptors (Lipinski definition) is 5. The van der Waals surface area contributed by atoms with Crippen LogP contribution in [0.4, 0.5) is 4.79 Å². The molecule has 0 bridgehead atoms. The van der Waals surface area contributed by atoms with Crippen LogP contribution in [0.5, 0.6) is 0 Å². The van der Waals surface area contributed by atoms with Gasteiger partial charge in [0, 0.05) is 7.11 Å². The lowest BCUT2D eigenvalue weighted by Crippen LogP contribution is -2.58. The molecule has 1 aliphatic heterocycles. The van der Waals surface area contributed by atoms with Gasteiger partial charge in [-0.3, -0.25) is 0 Å². The molecular formula is C11H20N2O6. The summed E-state index contributed by atoms with van der Waals surface area (Å²) in [4.78, 5) is 24.4. The van der Waals surface area contributed by atoms with Crippen molar-refractivity contribution in [3.63, 3.8) is 0 Å². The molecule has 2 amide bonds. The molecule has 19 heavy (non-hydrogen) atoms. The first-order chi connectivity index (χ1) is 8.99. The number of nitrogens with zero attached hydrogens (tertiary/aromatic N) is 1. The minimum atomic E-state index is -1.16. The first-order valence-electron chi connectivity index (χ1n) is 6.01. The number of carboxylic acid groups (broad SMARTS) is 1. The first kappa shape index (κ1) is 15.7. The summed E-state index contributed by atoms with van der Waals surface area (Å²) in [5, 5.41) is 20.4. The molecule has 0 aliphatic carbocycles. The van der Waals surface area contributed by atoms with Crippen LogP contribution in [0, 0.1) is 0 Å². The van der Waals surface area contributed by atoms with Gasteiger partial charge in [-0.2, -0.15) is 0 Å². The van der Waals surface area contributed by atoms with E-state index in [1.165, 1.54) is 12.0 Å². The van der Waals surface area contributed by atoms with Crippen LogP contribution in [0.25, 0.3) is 0 Å². The van der Waals surface area contributed by atoms with Crippen molar-refractivity contribution in [2.45, 2.75) is 25.1 Å². The third kappa shape index (κ3) is 4.34. The number of urea groups is 1. The number of hydrogen-bond donors (Lipinski definition) is 3. The molecule has 8 heteroatoms. The summed E-state index contributed by atoms with van der Waals surface area (Å²) in [6.45, 7) is 2.03. The number of aliphatic carboxylic acids is 1. The zero-order valence-electron chi connectivity index (χ0n) is 11.0. The lowest BCUT2D eigenvalue weighted by atomic mass is 10.2. The molecule has 3 unspecified atom stereocenters. The maximum Gasteiger partial charge on any atom is 0.328 e. The van der Waals surface area contributed by atoms with Crippen LogP contribution < -0.4 is 5.32 Å². The van der Waals surface area contributed by atoms with E-state index in [1.54, 1.807) is 6.92 Å². The number of carboxylic acids is 1. The highest BCUT2D eigenvalue weighted by Gasteiger charge is 2.31. The molecule has 1 heterocycles. The number of rotatable bonds is 5. The van der Waals surface area contributed by atoms with Gasteiger partial charge in [-0.05, 0) is 6.92 Å². The fourth-order valence-electron chi connectivity index (χ4n) is 1.78. The molecule has 3 N–H and O–H groups in total. The Bertz CT molecular complexity index is 324. The molecule has 110 valence electrons. The van der Waals surface area contributed by atoms with E-state index in [2.05, 4.69) is 5.32 Å². The summed E-state index contributed by atoms with van der Waals surface area (Å²) < 4.78 is 10.1. The molecule has 0 aromatic carbocycles. The van der Waals surface area contributed by atoms with Gasteiger partial charge in [0.2, 0.25) is 0 Å². The van der Waals surface area contributed by atoms with E-state index in [4.69, 9.17) is 19.7 Å². The van der Waals surface area contributed by atoms with Gasteiger partial charge < -0.3 is 29.9 Å². The number of aliphatic hydroxyl groups excluding tert-OH is 1. The summed E-state index contributed by atoms with van der Waals surface area (Å²) in [5.74, 6) is -1.16. The summed E-state index contributed by atoms with van der Waals surface area (Å²) >= 11 is 0. The summed E-state index contributed by atoms with van der Waals surface area (Å²) in [5.41, 5.74) is 0. The Labute approximate surface area is 111 Å². The number of carbonyl (C=O) groups is 2. The number of aliphatic hydroxyl groups is 1. The molecule has 0 aromatic heterocycles. The van der Waals surface area contributed by atoms with Gasteiger partial charge in [0.1, 0.15) is 0 Å². The summed E-state index contributed by atoms with van der Waals surface area (Å²) in [6, 6.07) is -1.78. The normalized spacial score (nSPS) is 24.9. The SMILES string of the molecule is COCC(NC(=O)N1CC(CO)OCC1C)C(=O)O. The number of carbonyl (C=O) groups excluding carboxylic acids is 1. The van der Waals surface area contributed by atoms with Crippen molar-refractivity contribution >= 4 is 12.0 Å². The highest BCUT2D eigenvalue weighted by Crippen LogP contribution is 2.11. The maximum atomic E-state index is 12.0. The maximum absolute atomic E-state index is 12.0. The first-order valence-corrected chi connectivity index (χ1v) is 6.01. The highest BCUT2D eigenvalue weighted by atomic mass is 16.5. The number of nitrogens with one attached hydrogen (secondary N) is 1. The Morgan fingerprint density at radius 3 is 2.79 bits per heavy atom. The van der Waals surface area contributed by atoms with E-state index in [1.807, 2.05) is 0 Å². The molecule has 1 fully saturated rings. The molecule has 0 radical (unpaired) electrons. The second kappa shape index (κ2) is 7.27. The Hall–Kier alpha value is -1.38. The van der Waals surface area contributed by atoms with E-state index in [-0.39, 0.29) is 25.8 Å². The van der Waals surface area contributed by atoms with E-state index in [9.17, 15) is 9.59 Å². The van der Waals surface area contributed by atoms with Gasteiger partial charge in [-0.15, -0.1) is 0 Å². The number of amides is 2. The van der Waals surface area contributed by atoms with Crippen LogP contribution in [-0.4, -0.2) is 78.8 Å². The Kier molecular flexibility index (Phi) is 6.00. The van der Waals surface area contributed by atoms with Gasteiger partial charge in [0.05, 0.1) is 38.5 Å². The molecular weight excluding hydrogens is 256 g/mol. The predicted molar refractivity (Wildman–Crippen MR) is 64.8 cm³/mol. The zero-order valence-corrected chi connectivity index (χ0v) is 11.0. The smallest absolute Gasteiger partial charge is 0.328 e. The molecule has 0 saturated carbocycles. The molecule has 1 saturated heterocycles. The van der Waals surface area contributed by atoms with Gasteiger partial charge in [0.25, 0.3) is 0 Å². The fourth-order valence-corrected chi connectivity index (χ4v) is 1.78. The third-order valence-electron chi connectivity index (χ3n) is 2.90. The largest absolute Gasteiger partial charge is 0.480 e. The van der Waals surface area contributed by atoms with Crippen molar-refractivity contribution < 1.29 is 29.3 Å². The van der Waals surface area contributed by atoms with Crippen molar-refractivity contribution in [2.75, 3.05) is 33.5 Å². The Balaban J connectivity index is 2.61. The lowest BCUT2D eigenvalue weighted by molar-refractivity contribution is -0.140. The monoisotopic (exact) mass is 276 g/mol. The van der Waals surface area contributed by atoms with Crippen molar-refractivity contribution in [1.82, 2.24) is 10.2 Å². The number of ether oxygens (including phenoxy) is 2. The van der Waals surface area contributed by atoms with E-state index < -0.39 is 24.1 Å². The van der Waals surface area contributed by atoms with Gasteiger partial charge in [-0.25, -0.2) is 9.59 Å². The molecule has 3 atom stereocenters. The lowest BCUT2D eigenvalue weighted by Gasteiger charge is -2.37.